The minimum absolute atomic E-state index is 0.0793. The molecule has 1 atom stereocenters. The van der Waals surface area contributed by atoms with Crippen LogP contribution in [0.4, 0.5) is 5.69 Å². The predicted octanol–water partition coefficient (Wildman–Crippen LogP) is 3.97. The van der Waals surface area contributed by atoms with Crippen molar-refractivity contribution in [1.29, 1.82) is 0 Å². The van der Waals surface area contributed by atoms with E-state index in [1.807, 2.05) is 23.6 Å². The molecule has 0 saturated heterocycles. The van der Waals surface area contributed by atoms with Crippen LogP contribution in [-0.4, -0.2) is 13.0 Å². The van der Waals surface area contributed by atoms with E-state index in [0.29, 0.717) is 6.42 Å². The molecule has 5 heteroatoms. The molecule has 0 bridgehead atoms. The summed E-state index contributed by atoms with van der Waals surface area (Å²) in [4.78, 5) is 12.4. The lowest BCUT2D eigenvalue weighted by Gasteiger charge is -2.18. The lowest BCUT2D eigenvalue weighted by molar-refractivity contribution is -0.116. The molecule has 1 aliphatic heterocycles. The van der Waals surface area contributed by atoms with Crippen molar-refractivity contribution < 1.29 is 9.53 Å². The Hall–Kier alpha value is -1.52. The monoisotopic (exact) mass is 307 g/mol. The number of thiophene rings is 1. The summed E-state index contributed by atoms with van der Waals surface area (Å²) in [5.74, 6) is 0.913. The molecule has 1 aliphatic rings. The third kappa shape index (κ3) is 2.53. The highest BCUT2D eigenvalue weighted by Gasteiger charge is 2.19. The fraction of sp³-hybridized carbons (Fsp3) is 0.267. The fourth-order valence-electron chi connectivity index (χ4n) is 2.30. The van der Waals surface area contributed by atoms with Crippen molar-refractivity contribution in [3.63, 3.8) is 0 Å². The number of fused-ring (bicyclic) bond motifs is 1. The maximum Gasteiger partial charge on any atom is 0.224 e. The summed E-state index contributed by atoms with van der Waals surface area (Å²) in [7, 11) is 1.65. The van der Waals surface area contributed by atoms with E-state index in [1.165, 1.54) is 0 Å². The minimum atomic E-state index is -0.188. The maximum atomic E-state index is 11.4. The number of anilines is 1. The van der Waals surface area contributed by atoms with Crippen LogP contribution in [0, 0.1) is 0 Å². The molecule has 2 heterocycles. The van der Waals surface area contributed by atoms with Gasteiger partial charge in [0, 0.05) is 22.4 Å². The molecule has 1 N–H and O–H groups in total. The topological polar surface area (TPSA) is 38.3 Å². The van der Waals surface area contributed by atoms with E-state index in [2.05, 4.69) is 11.4 Å². The quantitative estimate of drug-likeness (QED) is 0.871. The molecule has 3 nitrogen and oxygen atoms in total. The van der Waals surface area contributed by atoms with Crippen molar-refractivity contribution in [1.82, 2.24) is 0 Å². The van der Waals surface area contributed by atoms with Crippen molar-refractivity contribution in [2.75, 3.05) is 12.4 Å². The highest BCUT2D eigenvalue weighted by Crippen LogP contribution is 2.37. The van der Waals surface area contributed by atoms with E-state index in [0.717, 1.165) is 33.9 Å². The third-order valence-corrected chi connectivity index (χ3v) is 4.99. The molecule has 0 fully saturated rings. The molecule has 1 aromatic carbocycles. The number of hydrogen-bond acceptors (Lipinski definition) is 3. The Labute approximate surface area is 126 Å². The Balaban J connectivity index is 1.88. The summed E-state index contributed by atoms with van der Waals surface area (Å²) in [5, 5.41) is 4.64. The number of amides is 1. The summed E-state index contributed by atoms with van der Waals surface area (Å²) < 4.78 is 5.19. The highest BCUT2D eigenvalue weighted by atomic mass is 35.5. The lowest BCUT2D eigenvalue weighted by Crippen LogP contribution is -2.19. The number of hydrogen-bond donors (Lipinski definition) is 1. The number of rotatable bonds is 3. The van der Waals surface area contributed by atoms with Crippen LogP contribution in [0.2, 0.25) is 0 Å². The van der Waals surface area contributed by atoms with Crippen LogP contribution in [0.15, 0.2) is 29.6 Å². The van der Waals surface area contributed by atoms with Crippen LogP contribution in [0.25, 0.3) is 0 Å². The smallest absolute Gasteiger partial charge is 0.224 e. The van der Waals surface area contributed by atoms with Crippen LogP contribution in [0.5, 0.6) is 5.75 Å². The summed E-state index contributed by atoms with van der Waals surface area (Å²) in [6.45, 7) is 0. The first kappa shape index (κ1) is 13.5. The maximum absolute atomic E-state index is 11.4. The Kier molecular flexibility index (Phi) is 3.68. The van der Waals surface area contributed by atoms with Gasteiger partial charge in [0.15, 0.2) is 0 Å². The first-order chi connectivity index (χ1) is 9.67. The number of alkyl halides is 1. The molecule has 1 unspecified atom stereocenters. The molecule has 0 radical (unpaired) electrons. The minimum Gasteiger partial charge on any atom is -0.496 e. The molecule has 20 heavy (non-hydrogen) atoms. The third-order valence-electron chi connectivity index (χ3n) is 3.40. The molecule has 104 valence electrons. The van der Waals surface area contributed by atoms with Crippen molar-refractivity contribution in [2.45, 2.75) is 18.2 Å². The van der Waals surface area contributed by atoms with Crippen LogP contribution >= 0.6 is 22.9 Å². The number of aryl methyl sites for hydroxylation is 1. The average molecular weight is 308 g/mol. The predicted molar refractivity (Wildman–Crippen MR) is 82.0 cm³/mol. The van der Waals surface area contributed by atoms with E-state index in [1.54, 1.807) is 18.4 Å². The molecule has 0 spiro atoms. The summed E-state index contributed by atoms with van der Waals surface area (Å²) in [6.07, 6.45) is 1.31. The van der Waals surface area contributed by atoms with E-state index in [9.17, 15) is 4.79 Å². The molecule has 1 amide bonds. The average Bonchev–Trinajstić information content (AvgIpc) is 2.95. The zero-order chi connectivity index (χ0) is 14.1. The number of methoxy groups -OCH3 is 1. The fourth-order valence-corrected chi connectivity index (χ4v) is 3.51. The summed E-state index contributed by atoms with van der Waals surface area (Å²) in [5.41, 5.74) is 3.10. The Morgan fingerprint density at radius 1 is 1.35 bits per heavy atom. The number of halogens is 1. The second-order valence-electron chi connectivity index (χ2n) is 4.72. The lowest BCUT2D eigenvalue weighted by atomic mass is 9.99. The van der Waals surface area contributed by atoms with Gasteiger partial charge in [-0.05, 0) is 29.7 Å². The van der Waals surface area contributed by atoms with Gasteiger partial charge in [0.2, 0.25) is 5.91 Å². The summed E-state index contributed by atoms with van der Waals surface area (Å²) in [6, 6.07) is 7.94. The van der Waals surface area contributed by atoms with Crippen LogP contribution < -0.4 is 10.1 Å². The molecular weight excluding hydrogens is 294 g/mol. The Morgan fingerprint density at radius 3 is 2.95 bits per heavy atom. The zero-order valence-electron chi connectivity index (χ0n) is 11.0. The SMILES string of the molecule is COc1csc(C(Cl)c2ccc3c(c2)CCC(=O)N3)c1. The number of carbonyl (C=O) groups is 1. The van der Waals surface area contributed by atoms with Gasteiger partial charge in [-0.2, -0.15) is 0 Å². The van der Waals surface area contributed by atoms with Gasteiger partial charge in [0.25, 0.3) is 0 Å². The molecule has 2 aromatic rings. The van der Waals surface area contributed by atoms with Gasteiger partial charge in [0.1, 0.15) is 5.75 Å². The highest BCUT2D eigenvalue weighted by molar-refractivity contribution is 7.10. The van der Waals surface area contributed by atoms with E-state index < -0.39 is 0 Å². The van der Waals surface area contributed by atoms with E-state index in [4.69, 9.17) is 16.3 Å². The second-order valence-corrected chi connectivity index (χ2v) is 6.10. The normalized spacial score (nSPS) is 15.4. The Morgan fingerprint density at radius 2 is 2.20 bits per heavy atom. The van der Waals surface area contributed by atoms with Gasteiger partial charge in [-0.25, -0.2) is 0 Å². The number of nitrogens with one attached hydrogen (secondary N) is 1. The van der Waals surface area contributed by atoms with Crippen LogP contribution in [0.3, 0.4) is 0 Å². The Bertz CT molecular complexity index is 653. The first-order valence-corrected chi connectivity index (χ1v) is 7.68. The number of benzene rings is 1. The largest absolute Gasteiger partial charge is 0.496 e. The van der Waals surface area contributed by atoms with Gasteiger partial charge in [-0.3, -0.25) is 4.79 Å². The van der Waals surface area contributed by atoms with Gasteiger partial charge < -0.3 is 10.1 Å². The molecule has 3 rings (SSSR count). The number of ether oxygens (including phenoxy) is 1. The summed E-state index contributed by atoms with van der Waals surface area (Å²) >= 11 is 8.13. The molecule has 1 aromatic heterocycles. The van der Waals surface area contributed by atoms with Crippen molar-refractivity contribution in [3.8, 4) is 5.75 Å². The second kappa shape index (κ2) is 5.46. The van der Waals surface area contributed by atoms with Crippen LogP contribution in [0.1, 0.15) is 27.8 Å². The van der Waals surface area contributed by atoms with Gasteiger partial charge in [-0.15, -0.1) is 22.9 Å². The zero-order valence-corrected chi connectivity index (χ0v) is 12.6. The molecular formula is C15H14ClNO2S. The van der Waals surface area contributed by atoms with E-state index >= 15 is 0 Å². The van der Waals surface area contributed by atoms with Crippen LogP contribution in [-0.2, 0) is 11.2 Å². The van der Waals surface area contributed by atoms with Gasteiger partial charge in [0.05, 0.1) is 12.5 Å². The first-order valence-electron chi connectivity index (χ1n) is 6.36. The van der Waals surface area contributed by atoms with Gasteiger partial charge >= 0.3 is 0 Å². The van der Waals surface area contributed by atoms with Crippen molar-refractivity contribution >= 4 is 34.5 Å². The molecule has 0 aliphatic carbocycles. The van der Waals surface area contributed by atoms with Crippen molar-refractivity contribution in [2.24, 2.45) is 0 Å². The van der Waals surface area contributed by atoms with Gasteiger partial charge in [-0.1, -0.05) is 12.1 Å². The van der Waals surface area contributed by atoms with E-state index in [-0.39, 0.29) is 11.3 Å². The standard InChI is InChI=1S/C15H14ClNO2S/c1-19-11-7-13(20-8-11)15(16)10-2-4-12-9(6-10)3-5-14(18)17-12/h2,4,6-8,15H,3,5H2,1H3,(H,17,18). The number of carbonyl (C=O) groups excluding carboxylic acids is 1. The molecule has 0 saturated carbocycles. The van der Waals surface area contributed by atoms with Crippen molar-refractivity contribution in [3.05, 3.63) is 45.6 Å².